The molecule has 0 radical (unpaired) electrons. The van der Waals surface area contributed by atoms with Crippen LogP contribution in [-0.4, -0.2) is 15.0 Å². The summed E-state index contributed by atoms with van der Waals surface area (Å²) in [6.45, 7) is 8.07. The van der Waals surface area contributed by atoms with Crippen LogP contribution in [0, 0.1) is 13.8 Å². The molecular weight excluding hydrogens is 306 g/mol. The van der Waals surface area contributed by atoms with Gasteiger partial charge in [-0.05, 0) is 43.7 Å². The summed E-state index contributed by atoms with van der Waals surface area (Å²) in [5.41, 5.74) is 5.57. The molecule has 0 spiro atoms. The van der Waals surface area contributed by atoms with Crippen LogP contribution in [0.15, 0.2) is 72.9 Å². The molecule has 0 aliphatic heterocycles. The van der Waals surface area contributed by atoms with E-state index in [1.807, 2.05) is 75.4 Å². The number of aromatic amines is 1. The molecule has 2 aromatic heterocycles. The number of nitrogens with zero attached hydrogens (tertiary/aromatic N) is 2. The highest BCUT2D eigenvalue weighted by Crippen LogP contribution is 2.22. The second-order valence-electron chi connectivity index (χ2n) is 5.39. The predicted octanol–water partition coefficient (Wildman–Crippen LogP) is 5.95. The van der Waals surface area contributed by atoms with Gasteiger partial charge < -0.3 is 4.98 Å². The zero-order chi connectivity index (χ0) is 18.1. The van der Waals surface area contributed by atoms with Crippen molar-refractivity contribution in [1.82, 2.24) is 15.0 Å². The molecule has 4 aromatic rings. The number of hydrogen-bond donors (Lipinski definition) is 1. The number of benzene rings is 2. The first-order chi connectivity index (χ1) is 12.2. The minimum atomic E-state index is 0.944. The van der Waals surface area contributed by atoms with Gasteiger partial charge in [-0.15, -0.1) is 0 Å². The fourth-order valence-electron chi connectivity index (χ4n) is 2.37. The van der Waals surface area contributed by atoms with Crippen molar-refractivity contribution in [2.24, 2.45) is 0 Å². The summed E-state index contributed by atoms with van der Waals surface area (Å²) in [6.07, 6.45) is 1.79. The van der Waals surface area contributed by atoms with E-state index in [1.54, 1.807) is 6.20 Å². The molecule has 0 bridgehead atoms. The molecule has 3 nitrogen and oxygen atoms in total. The zero-order valence-electron chi connectivity index (χ0n) is 15.3. The molecular formula is C22H25N3. The second kappa shape index (κ2) is 9.38. The molecule has 3 heteroatoms. The summed E-state index contributed by atoms with van der Waals surface area (Å²) in [5, 5.41) is 0. The Balaban J connectivity index is 0.000000211. The third-order valence-electron chi connectivity index (χ3n) is 3.60. The maximum Gasteiger partial charge on any atom is 0.138 e. The molecule has 4 rings (SSSR count). The number of H-pyrrole nitrogens is 1. The summed E-state index contributed by atoms with van der Waals surface area (Å²) in [5.74, 6) is 0.944. The van der Waals surface area contributed by atoms with Gasteiger partial charge >= 0.3 is 0 Å². The standard InChI is InChI=1S/C14H12N2.C6H7N.C2H6/c1-10-6-2-3-7-11(10)14-15-12-8-4-5-9-13(12)16-14;1-6-4-2-3-5-7-6;1-2/h2-9H,1H3,(H,15,16);2-5H,1H3;1-2H3. The lowest BCUT2D eigenvalue weighted by Crippen LogP contribution is -1.83. The number of rotatable bonds is 1. The molecule has 1 N–H and O–H groups in total. The van der Waals surface area contributed by atoms with Crippen molar-refractivity contribution in [2.45, 2.75) is 27.7 Å². The molecule has 2 aromatic carbocycles. The van der Waals surface area contributed by atoms with Crippen LogP contribution in [0.5, 0.6) is 0 Å². The van der Waals surface area contributed by atoms with E-state index >= 15 is 0 Å². The smallest absolute Gasteiger partial charge is 0.138 e. The number of aryl methyl sites for hydroxylation is 2. The summed E-state index contributed by atoms with van der Waals surface area (Å²) in [7, 11) is 0. The van der Waals surface area contributed by atoms with Crippen LogP contribution in [-0.2, 0) is 0 Å². The number of para-hydroxylation sites is 2. The van der Waals surface area contributed by atoms with Gasteiger partial charge in [0, 0.05) is 17.5 Å². The van der Waals surface area contributed by atoms with E-state index in [0.717, 1.165) is 22.6 Å². The van der Waals surface area contributed by atoms with E-state index in [1.165, 1.54) is 11.1 Å². The van der Waals surface area contributed by atoms with Gasteiger partial charge in [0.05, 0.1) is 11.0 Å². The van der Waals surface area contributed by atoms with Crippen LogP contribution in [0.4, 0.5) is 0 Å². The largest absolute Gasteiger partial charge is 0.338 e. The third-order valence-corrected chi connectivity index (χ3v) is 3.60. The van der Waals surface area contributed by atoms with Crippen LogP contribution >= 0.6 is 0 Å². The van der Waals surface area contributed by atoms with Crippen molar-refractivity contribution >= 4 is 11.0 Å². The average molecular weight is 331 g/mol. The minimum absolute atomic E-state index is 0.944. The van der Waals surface area contributed by atoms with Gasteiger partial charge in [-0.25, -0.2) is 4.98 Å². The Morgan fingerprint density at radius 1 is 0.760 bits per heavy atom. The van der Waals surface area contributed by atoms with Gasteiger partial charge in [-0.3, -0.25) is 4.98 Å². The number of hydrogen-bond acceptors (Lipinski definition) is 2. The topological polar surface area (TPSA) is 41.6 Å². The molecule has 0 aliphatic carbocycles. The molecule has 0 atom stereocenters. The first kappa shape index (κ1) is 18.4. The van der Waals surface area contributed by atoms with Crippen molar-refractivity contribution < 1.29 is 0 Å². The number of nitrogens with one attached hydrogen (secondary N) is 1. The van der Waals surface area contributed by atoms with Gasteiger partial charge in [0.25, 0.3) is 0 Å². The van der Waals surface area contributed by atoms with Gasteiger partial charge in [0.1, 0.15) is 5.82 Å². The molecule has 25 heavy (non-hydrogen) atoms. The average Bonchev–Trinajstić information content (AvgIpc) is 3.09. The molecule has 128 valence electrons. The molecule has 0 saturated heterocycles. The Morgan fingerprint density at radius 3 is 2.04 bits per heavy atom. The van der Waals surface area contributed by atoms with E-state index in [2.05, 4.69) is 34.0 Å². The lowest BCUT2D eigenvalue weighted by molar-refractivity contribution is 1.20. The fourth-order valence-corrected chi connectivity index (χ4v) is 2.37. The van der Waals surface area contributed by atoms with Crippen LogP contribution in [0.3, 0.4) is 0 Å². The second-order valence-corrected chi connectivity index (χ2v) is 5.39. The maximum atomic E-state index is 4.59. The van der Waals surface area contributed by atoms with Gasteiger partial charge in [-0.1, -0.05) is 56.3 Å². The van der Waals surface area contributed by atoms with E-state index in [4.69, 9.17) is 0 Å². The Morgan fingerprint density at radius 2 is 1.44 bits per heavy atom. The Hall–Kier alpha value is -2.94. The molecule has 0 aliphatic rings. The first-order valence-corrected chi connectivity index (χ1v) is 8.62. The number of imidazole rings is 1. The van der Waals surface area contributed by atoms with Crippen LogP contribution < -0.4 is 0 Å². The Labute approximate surface area is 149 Å². The maximum absolute atomic E-state index is 4.59. The molecule has 0 fully saturated rings. The highest BCUT2D eigenvalue weighted by molar-refractivity contribution is 5.79. The Kier molecular flexibility index (Phi) is 6.90. The normalized spacial score (nSPS) is 9.60. The van der Waals surface area contributed by atoms with E-state index in [-0.39, 0.29) is 0 Å². The van der Waals surface area contributed by atoms with Crippen molar-refractivity contribution in [3.8, 4) is 11.4 Å². The van der Waals surface area contributed by atoms with Crippen molar-refractivity contribution in [3.63, 3.8) is 0 Å². The highest BCUT2D eigenvalue weighted by atomic mass is 14.9. The van der Waals surface area contributed by atoms with Crippen LogP contribution in [0.1, 0.15) is 25.1 Å². The number of aromatic nitrogens is 3. The molecule has 0 saturated carbocycles. The van der Waals surface area contributed by atoms with Crippen LogP contribution in [0.25, 0.3) is 22.4 Å². The highest BCUT2D eigenvalue weighted by Gasteiger charge is 2.05. The van der Waals surface area contributed by atoms with Gasteiger partial charge in [0.15, 0.2) is 0 Å². The predicted molar refractivity (Wildman–Crippen MR) is 107 cm³/mol. The van der Waals surface area contributed by atoms with Crippen molar-refractivity contribution in [3.05, 3.63) is 84.2 Å². The minimum Gasteiger partial charge on any atom is -0.338 e. The van der Waals surface area contributed by atoms with Gasteiger partial charge in [-0.2, -0.15) is 0 Å². The van der Waals surface area contributed by atoms with Crippen LogP contribution in [0.2, 0.25) is 0 Å². The SMILES string of the molecule is CC.Cc1ccccc1-c1nc2ccccc2[nH]1.Cc1ccccn1. The monoisotopic (exact) mass is 331 g/mol. The summed E-state index contributed by atoms with van der Waals surface area (Å²) in [6, 6.07) is 22.2. The molecule has 0 unspecified atom stereocenters. The van der Waals surface area contributed by atoms with Gasteiger partial charge in [0.2, 0.25) is 0 Å². The summed E-state index contributed by atoms with van der Waals surface area (Å²) in [4.78, 5) is 11.9. The lowest BCUT2D eigenvalue weighted by Gasteiger charge is -2.00. The van der Waals surface area contributed by atoms with Crippen molar-refractivity contribution in [1.29, 1.82) is 0 Å². The van der Waals surface area contributed by atoms with E-state index < -0.39 is 0 Å². The number of pyridine rings is 1. The first-order valence-electron chi connectivity index (χ1n) is 8.62. The summed E-state index contributed by atoms with van der Waals surface area (Å²) < 4.78 is 0. The summed E-state index contributed by atoms with van der Waals surface area (Å²) >= 11 is 0. The quantitative estimate of drug-likeness (QED) is 0.468. The molecule has 0 amide bonds. The zero-order valence-corrected chi connectivity index (χ0v) is 15.3. The Bertz CT molecular complexity index is 862. The third kappa shape index (κ3) is 5.01. The van der Waals surface area contributed by atoms with Crippen molar-refractivity contribution in [2.75, 3.05) is 0 Å². The fraction of sp³-hybridized carbons (Fsp3) is 0.182. The van der Waals surface area contributed by atoms with E-state index in [9.17, 15) is 0 Å². The van der Waals surface area contributed by atoms with E-state index in [0.29, 0.717) is 0 Å². The lowest BCUT2D eigenvalue weighted by atomic mass is 10.1. The molecule has 2 heterocycles. The number of fused-ring (bicyclic) bond motifs is 1.